The van der Waals surface area contributed by atoms with E-state index in [-0.39, 0.29) is 12.5 Å². The minimum absolute atomic E-state index is 0.169. The molecule has 1 aliphatic rings. The smallest absolute Gasteiger partial charge is 0.241 e. The van der Waals surface area contributed by atoms with Crippen molar-refractivity contribution in [3.05, 3.63) is 35.9 Å². The van der Waals surface area contributed by atoms with Crippen molar-refractivity contribution in [3.63, 3.8) is 0 Å². The van der Waals surface area contributed by atoms with Gasteiger partial charge in [0.05, 0.1) is 18.7 Å². The average Bonchev–Trinajstić information content (AvgIpc) is 2.79. The Hall–Kier alpha value is -1.86. The third-order valence-electron chi connectivity index (χ3n) is 4.30. The highest BCUT2D eigenvalue weighted by Crippen LogP contribution is 2.35. The number of benzene rings is 1. The molecule has 2 rings (SSSR count). The number of carbonyl (C=O) groups excluding carboxylic acids is 1. The molecule has 0 bridgehead atoms. The molecular formula is C17H22N2O2. The van der Waals surface area contributed by atoms with E-state index in [1.807, 2.05) is 30.3 Å². The lowest BCUT2D eigenvalue weighted by molar-refractivity contribution is -0.130. The van der Waals surface area contributed by atoms with E-state index < -0.39 is 11.5 Å². The summed E-state index contributed by atoms with van der Waals surface area (Å²) in [6.07, 6.45) is 5.22. The van der Waals surface area contributed by atoms with Gasteiger partial charge in [-0.25, -0.2) is 0 Å². The number of rotatable bonds is 4. The quantitative estimate of drug-likeness (QED) is 0.836. The number of hydrogen-bond donors (Lipinski definition) is 2. The van der Waals surface area contributed by atoms with Gasteiger partial charge in [0, 0.05) is 0 Å². The Labute approximate surface area is 125 Å². The van der Waals surface area contributed by atoms with Crippen molar-refractivity contribution in [1.29, 1.82) is 5.26 Å². The van der Waals surface area contributed by atoms with Gasteiger partial charge in [-0.1, -0.05) is 56.0 Å². The maximum atomic E-state index is 12.6. The van der Waals surface area contributed by atoms with Crippen LogP contribution < -0.4 is 5.32 Å². The van der Waals surface area contributed by atoms with Gasteiger partial charge in [0.2, 0.25) is 5.91 Å². The van der Waals surface area contributed by atoms with Gasteiger partial charge in [-0.15, -0.1) is 0 Å². The van der Waals surface area contributed by atoms with Gasteiger partial charge in [0.1, 0.15) is 5.41 Å². The molecule has 0 spiro atoms. The highest BCUT2D eigenvalue weighted by Gasteiger charge is 2.39. The normalized spacial score (nSPS) is 19.0. The van der Waals surface area contributed by atoms with Crippen molar-refractivity contribution in [2.24, 2.45) is 5.41 Å². The highest BCUT2D eigenvalue weighted by atomic mass is 16.3. The maximum absolute atomic E-state index is 12.6. The molecule has 0 aliphatic heterocycles. The fourth-order valence-corrected chi connectivity index (χ4v) is 2.94. The largest absolute Gasteiger partial charge is 0.394 e. The number of aliphatic hydroxyl groups is 1. The second kappa shape index (κ2) is 7.24. The fourth-order valence-electron chi connectivity index (χ4n) is 2.94. The van der Waals surface area contributed by atoms with Crippen molar-refractivity contribution in [1.82, 2.24) is 5.32 Å². The number of nitrogens with one attached hydrogen (secondary N) is 1. The number of carbonyl (C=O) groups is 1. The Kier molecular flexibility index (Phi) is 5.35. The van der Waals surface area contributed by atoms with E-state index in [1.165, 1.54) is 0 Å². The first-order valence-electron chi connectivity index (χ1n) is 7.60. The molecule has 1 fully saturated rings. The summed E-state index contributed by atoms with van der Waals surface area (Å²) in [4.78, 5) is 12.6. The van der Waals surface area contributed by atoms with Crippen LogP contribution in [0.5, 0.6) is 0 Å². The van der Waals surface area contributed by atoms with Gasteiger partial charge in [0.25, 0.3) is 0 Å². The summed E-state index contributed by atoms with van der Waals surface area (Å²) in [5.41, 5.74) is -0.0753. The highest BCUT2D eigenvalue weighted by molar-refractivity contribution is 5.85. The molecule has 1 unspecified atom stereocenters. The van der Waals surface area contributed by atoms with Crippen LogP contribution in [0.25, 0.3) is 0 Å². The first kappa shape index (κ1) is 15.5. The van der Waals surface area contributed by atoms with Gasteiger partial charge < -0.3 is 10.4 Å². The zero-order valence-electron chi connectivity index (χ0n) is 12.2. The van der Waals surface area contributed by atoms with Crippen LogP contribution in [0, 0.1) is 16.7 Å². The van der Waals surface area contributed by atoms with Crippen molar-refractivity contribution in [2.75, 3.05) is 6.61 Å². The summed E-state index contributed by atoms with van der Waals surface area (Å²) in [6, 6.07) is 11.2. The Morgan fingerprint density at radius 1 is 1.24 bits per heavy atom. The van der Waals surface area contributed by atoms with Gasteiger partial charge in [-0.3, -0.25) is 4.79 Å². The summed E-state index contributed by atoms with van der Waals surface area (Å²) in [6.45, 7) is -0.169. The van der Waals surface area contributed by atoms with Crippen LogP contribution >= 0.6 is 0 Å². The predicted octanol–water partition coefficient (Wildman–Crippen LogP) is 2.70. The average molecular weight is 286 g/mol. The lowest BCUT2D eigenvalue weighted by Gasteiger charge is -2.27. The van der Waals surface area contributed by atoms with Crippen LogP contribution in [0.1, 0.15) is 50.1 Å². The van der Waals surface area contributed by atoms with Crippen LogP contribution in [0.4, 0.5) is 0 Å². The van der Waals surface area contributed by atoms with Crippen molar-refractivity contribution in [2.45, 2.75) is 44.6 Å². The summed E-state index contributed by atoms with van der Waals surface area (Å²) in [7, 11) is 0. The summed E-state index contributed by atoms with van der Waals surface area (Å²) >= 11 is 0. The SMILES string of the molecule is N#CC1(C(=O)NC(CO)c2ccccc2)CCCCCC1. The first-order chi connectivity index (χ1) is 10.2. The van der Waals surface area contributed by atoms with Crippen LogP contribution in [0.15, 0.2) is 30.3 Å². The van der Waals surface area contributed by atoms with E-state index in [2.05, 4.69) is 11.4 Å². The Balaban J connectivity index is 2.13. The molecule has 0 radical (unpaired) electrons. The maximum Gasteiger partial charge on any atom is 0.241 e. The van der Waals surface area contributed by atoms with Gasteiger partial charge in [0.15, 0.2) is 0 Å². The molecule has 1 atom stereocenters. The van der Waals surface area contributed by atoms with Crippen molar-refractivity contribution < 1.29 is 9.90 Å². The van der Waals surface area contributed by atoms with E-state index in [0.29, 0.717) is 12.8 Å². The third kappa shape index (κ3) is 3.62. The van der Waals surface area contributed by atoms with Gasteiger partial charge in [-0.05, 0) is 18.4 Å². The van der Waals surface area contributed by atoms with E-state index in [9.17, 15) is 15.2 Å². The lowest BCUT2D eigenvalue weighted by atomic mass is 9.80. The molecule has 21 heavy (non-hydrogen) atoms. The molecule has 4 heteroatoms. The third-order valence-corrected chi connectivity index (χ3v) is 4.30. The molecule has 1 aromatic rings. The predicted molar refractivity (Wildman–Crippen MR) is 80.2 cm³/mol. The van der Waals surface area contributed by atoms with E-state index in [1.54, 1.807) is 0 Å². The molecule has 112 valence electrons. The van der Waals surface area contributed by atoms with Crippen LogP contribution in [-0.2, 0) is 4.79 Å². The molecule has 0 saturated heterocycles. The number of nitriles is 1. The fraction of sp³-hybridized carbons (Fsp3) is 0.529. The molecule has 1 amide bonds. The molecular weight excluding hydrogens is 264 g/mol. The first-order valence-corrected chi connectivity index (χ1v) is 7.60. The zero-order valence-corrected chi connectivity index (χ0v) is 12.2. The number of hydrogen-bond acceptors (Lipinski definition) is 3. The molecule has 0 aromatic heterocycles. The van der Waals surface area contributed by atoms with Crippen LogP contribution in [-0.4, -0.2) is 17.6 Å². The van der Waals surface area contributed by atoms with Crippen LogP contribution in [0.2, 0.25) is 0 Å². The van der Waals surface area contributed by atoms with E-state index in [4.69, 9.17) is 0 Å². The summed E-state index contributed by atoms with van der Waals surface area (Å²) in [5, 5.41) is 21.9. The van der Waals surface area contributed by atoms with Gasteiger partial charge in [-0.2, -0.15) is 5.26 Å². The zero-order chi connectivity index (χ0) is 15.1. The Bertz CT molecular complexity index is 499. The van der Waals surface area contributed by atoms with E-state index >= 15 is 0 Å². The van der Waals surface area contributed by atoms with E-state index in [0.717, 1.165) is 31.2 Å². The topological polar surface area (TPSA) is 73.1 Å². The Morgan fingerprint density at radius 2 is 1.86 bits per heavy atom. The minimum Gasteiger partial charge on any atom is -0.394 e. The van der Waals surface area contributed by atoms with Crippen LogP contribution in [0.3, 0.4) is 0 Å². The minimum atomic E-state index is -0.932. The van der Waals surface area contributed by atoms with Crippen molar-refractivity contribution in [3.8, 4) is 6.07 Å². The standard InChI is InChI=1S/C17H22N2O2/c18-13-17(10-6-1-2-7-11-17)16(21)19-15(12-20)14-8-4-3-5-9-14/h3-5,8-9,15,20H,1-2,6-7,10-12H2,(H,19,21). The number of nitrogens with zero attached hydrogens (tertiary/aromatic N) is 1. The molecule has 0 heterocycles. The summed E-state index contributed by atoms with van der Waals surface area (Å²) in [5.74, 6) is -0.241. The molecule has 1 saturated carbocycles. The monoisotopic (exact) mass is 286 g/mol. The van der Waals surface area contributed by atoms with Crippen molar-refractivity contribution >= 4 is 5.91 Å². The second-order valence-electron chi connectivity index (χ2n) is 5.73. The Morgan fingerprint density at radius 3 is 2.38 bits per heavy atom. The number of amides is 1. The summed E-state index contributed by atoms with van der Waals surface area (Å²) < 4.78 is 0. The lowest BCUT2D eigenvalue weighted by Crippen LogP contribution is -2.42. The molecule has 2 N–H and O–H groups in total. The second-order valence-corrected chi connectivity index (χ2v) is 5.73. The van der Waals surface area contributed by atoms with Gasteiger partial charge >= 0.3 is 0 Å². The number of aliphatic hydroxyl groups excluding tert-OH is 1. The molecule has 1 aromatic carbocycles. The molecule has 1 aliphatic carbocycles. The molecule has 4 nitrogen and oxygen atoms in total.